The Bertz CT molecular complexity index is 478. The van der Waals surface area contributed by atoms with E-state index in [4.69, 9.17) is 9.57 Å². The number of nitrogens with zero attached hydrogens (tertiary/aromatic N) is 1. The van der Waals surface area contributed by atoms with Gasteiger partial charge in [-0.2, -0.15) is 0 Å². The molecule has 0 spiro atoms. The number of carbonyl (C=O) groups is 1. The van der Waals surface area contributed by atoms with Crippen LogP contribution in [0.4, 0.5) is 0 Å². The standard InChI is InChI=1S/C16H21NO3/c1-4-15(13(3)16(18)19-5-2)11-17-20-12-14-9-7-6-8-10-14/h6-11H,4-5,12H2,1-3H3/b15-13-,17-11+. The average molecular weight is 275 g/mol. The first-order chi connectivity index (χ1) is 9.69. The number of esters is 1. The maximum Gasteiger partial charge on any atom is 0.334 e. The van der Waals surface area contributed by atoms with E-state index < -0.39 is 0 Å². The van der Waals surface area contributed by atoms with Gasteiger partial charge in [-0.05, 0) is 31.4 Å². The molecule has 0 saturated carbocycles. The molecule has 0 aliphatic carbocycles. The molecule has 0 aromatic heterocycles. The first-order valence-electron chi connectivity index (χ1n) is 6.75. The van der Waals surface area contributed by atoms with E-state index in [0.717, 1.165) is 11.1 Å². The number of oxime groups is 1. The third-order valence-electron chi connectivity index (χ3n) is 2.80. The zero-order valence-electron chi connectivity index (χ0n) is 12.3. The Morgan fingerprint density at radius 2 is 1.95 bits per heavy atom. The predicted octanol–water partition coefficient (Wildman–Crippen LogP) is 3.48. The van der Waals surface area contributed by atoms with Crippen LogP contribution in [0.5, 0.6) is 0 Å². The maximum atomic E-state index is 11.6. The smallest absolute Gasteiger partial charge is 0.334 e. The minimum absolute atomic E-state index is 0.307. The van der Waals surface area contributed by atoms with E-state index >= 15 is 0 Å². The van der Waals surface area contributed by atoms with Gasteiger partial charge in [0.2, 0.25) is 0 Å². The highest BCUT2D eigenvalue weighted by Crippen LogP contribution is 2.09. The predicted molar refractivity (Wildman–Crippen MR) is 79.3 cm³/mol. The van der Waals surface area contributed by atoms with Crippen molar-refractivity contribution in [1.29, 1.82) is 0 Å². The van der Waals surface area contributed by atoms with Gasteiger partial charge >= 0.3 is 5.97 Å². The first-order valence-corrected chi connectivity index (χ1v) is 6.75. The molecule has 108 valence electrons. The van der Waals surface area contributed by atoms with Gasteiger partial charge in [0.05, 0.1) is 12.8 Å². The lowest BCUT2D eigenvalue weighted by molar-refractivity contribution is -0.138. The molecule has 1 aromatic rings. The van der Waals surface area contributed by atoms with Gasteiger partial charge in [-0.15, -0.1) is 0 Å². The molecule has 0 heterocycles. The van der Waals surface area contributed by atoms with Crippen molar-refractivity contribution in [2.75, 3.05) is 6.61 Å². The summed E-state index contributed by atoms with van der Waals surface area (Å²) in [7, 11) is 0. The fourth-order valence-electron chi connectivity index (χ4n) is 1.61. The number of carbonyl (C=O) groups excluding carboxylic acids is 1. The van der Waals surface area contributed by atoms with Crippen LogP contribution in [0.25, 0.3) is 0 Å². The summed E-state index contributed by atoms with van der Waals surface area (Å²) in [6.45, 7) is 6.26. The Morgan fingerprint density at radius 1 is 1.25 bits per heavy atom. The summed E-state index contributed by atoms with van der Waals surface area (Å²) in [6.07, 6.45) is 2.28. The SMILES string of the molecule is CCOC(=O)/C(C)=C(\C=N\OCc1ccccc1)CC. The Morgan fingerprint density at radius 3 is 2.55 bits per heavy atom. The van der Waals surface area contributed by atoms with Crippen LogP contribution in [0.1, 0.15) is 32.8 Å². The largest absolute Gasteiger partial charge is 0.463 e. The van der Waals surface area contributed by atoms with Crippen LogP contribution >= 0.6 is 0 Å². The molecule has 0 unspecified atom stereocenters. The summed E-state index contributed by atoms with van der Waals surface area (Å²) in [4.78, 5) is 16.8. The molecule has 0 aliphatic rings. The fraction of sp³-hybridized carbons (Fsp3) is 0.375. The van der Waals surface area contributed by atoms with E-state index in [1.807, 2.05) is 37.3 Å². The number of benzene rings is 1. The van der Waals surface area contributed by atoms with Crippen LogP contribution in [-0.4, -0.2) is 18.8 Å². The molecule has 0 atom stereocenters. The topological polar surface area (TPSA) is 47.9 Å². The monoisotopic (exact) mass is 275 g/mol. The van der Waals surface area contributed by atoms with Crippen molar-refractivity contribution in [1.82, 2.24) is 0 Å². The number of hydrogen-bond donors (Lipinski definition) is 0. The highest BCUT2D eigenvalue weighted by atomic mass is 16.6. The van der Waals surface area contributed by atoms with Crippen LogP contribution in [0.2, 0.25) is 0 Å². The molecule has 1 aromatic carbocycles. The van der Waals surface area contributed by atoms with E-state index in [9.17, 15) is 4.79 Å². The molecule has 4 heteroatoms. The Labute approximate surface area is 120 Å². The van der Waals surface area contributed by atoms with Crippen molar-refractivity contribution in [3.63, 3.8) is 0 Å². The second-order valence-electron chi connectivity index (χ2n) is 4.22. The second kappa shape index (κ2) is 8.91. The lowest BCUT2D eigenvalue weighted by Crippen LogP contribution is -2.08. The first kappa shape index (κ1) is 16.0. The van der Waals surface area contributed by atoms with E-state index in [0.29, 0.717) is 25.2 Å². The molecule has 0 amide bonds. The van der Waals surface area contributed by atoms with Gasteiger partial charge in [0.25, 0.3) is 0 Å². The molecule has 20 heavy (non-hydrogen) atoms. The second-order valence-corrected chi connectivity index (χ2v) is 4.22. The fourth-order valence-corrected chi connectivity index (χ4v) is 1.61. The van der Waals surface area contributed by atoms with Gasteiger partial charge in [0, 0.05) is 5.57 Å². The van der Waals surface area contributed by atoms with Gasteiger partial charge in [-0.1, -0.05) is 42.4 Å². The summed E-state index contributed by atoms with van der Waals surface area (Å²) < 4.78 is 4.96. The van der Waals surface area contributed by atoms with Crippen molar-refractivity contribution in [3.8, 4) is 0 Å². The molecule has 0 radical (unpaired) electrons. The van der Waals surface area contributed by atoms with Gasteiger partial charge in [-0.3, -0.25) is 0 Å². The minimum atomic E-state index is -0.307. The molecule has 1 rings (SSSR count). The van der Waals surface area contributed by atoms with Crippen molar-refractivity contribution >= 4 is 12.2 Å². The molecule has 0 bridgehead atoms. The number of hydrogen-bond acceptors (Lipinski definition) is 4. The average Bonchev–Trinajstić information content (AvgIpc) is 2.48. The third-order valence-corrected chi connectivity index (χ3v) is 2.80. The zero-order valence-corrected chi connectivity index (χ0v) is 12.3. The summed E-state index contributed by atoms with van der Waals surface area (Å²) >= 11 is 0. The third kappa shape index (κ3) is 5.26. The van der Waals surface area contributed by atoms with E-state index in [1.54, 1.807) is 20.1 Å². The van der Waals surface area contributed by atoms with Crippen molar-refractivity contribution < 1.29 is 14.4 Å². The zero-order chi connectivity index (χ0) is 14.8. The molecule has 0 aliphatic heterocycles. The lowest BCUT2D eigenvalue weighted by Gasteiger charge is -2.05. The van der Waals surface area contributed by atoms with E-state index in [2.05, 4.69) is 5.16 Å². The quantitative estimate of drug-likeness (QED) is 0.331. The molecule has 0 saturated heterocycles. The molecular formula is C16H21NO3. The number of ether oxygens (including phenoxy) is 1. The van der Waals surface area contributed by atoms with Crippen molar-refractivity contribution in [3.05, 3.63) is 47.0 Å². The van der Waals surface area contributed by atoms with Crippen molar-refractivity contribution in [2.45, 2.75) is 33.8 Å². The minimum Gasteiger partial charge on any atom is -0.463 e. The van der Waals surface area contributed by atoms with Crippen molar-refractivity contribution in [2.24, 2.45) is 5.16 Å². The highest BCUT2D eigenvalue weighted by Gasteiger charge is 2.09. The molecule has 0 fully saturated rings. The molecule has 0 N–H and O–H groups in total. The highest BCUT2D eigenvalue weighted by molar-refractivity contribution is 5.95. The normalized spacial score (nSPS) is 12.2. The van der Waals surface area contributed by atoms with Gasteiger partial charge in [0.15, 0.2) is 0 Å². The van der Waals surface area contributed by atoms with Gasteiger partial charge < -0.3 is 9.57 Å². The van der Waals surface area contributed by atoms with Crippen LogP contribution in [0.15, 0.2) is 46.6 Å². The Balaban J connectivity index is 2.57. The van der Waals surface area contributed by atoms with E-state index in [-0.39, 0.29) is 5.97 Å². The summed E-state index contributed by atoms with van der Waals surface area (Å²) in [5, 5.41) is 3.91. The number of allylic oxidation sites excluding steroid dienone is 1. The van der Waals surface area contributed by atoms with Crippen LogP contribution in [0.3, 0.4) is 0 Å². The van der Waals surface area contributed by atoms with E-state index in [1.165, 1.54) is 0 Å². The Hall–Kier alpha value is -2.10. The summed E-state index contributed by atoms with van der Waals surface area (Å²) in [6, 6.07) is 9.79. The molecule has 4 nitrogen and oxygen atoms in total. The Kier molecular flexibility index (Phi) is 7.11. The summed E-state index contributed by atoms with van der Waals surface area (Å²) in [5.41, 5.74) is 2.44. The summed E-state index contributed by atoms with van der Waals surface area (Å²) in [5.74, 6) is -0.307. The van der Waals surface area contributed by atoms with Gasteiger partial charge in [-0.25, -0.2) is 4.79 Å². The van der Waals surface area contributed by atoms with Crippen LogP contribution < -0.4 is 0 Å². The lowest BCUT2D eigenvalue weighted by atomic mass is 10.1. The number of rotatable bonds is 7. The van der Waals surface area contributed by atoms with Gasteiger partial charge in [0.1, 0.15) is 6.61 Å². The van der Waals surface area contributed by atoms with Crippen LogP contribution in [0, 0.1) is 0 Å². The van der Waals surface area contributed by atoms with Crippen LogP contribution in [-0.2, 0) is 21.0 Å². The maximum absolute atomic E-state index is 11.6. The molecular weight excluding hydrogens is 254 g/mol.